The molecule has 3 rings (SSSR count). The van der Waals surface area contributed by atoms with Crippen LogP contribution in [-0.4, -0.2) is 14.9 Å². The predicted octanol–water partition coefficient (Wildman–Crippen LogP) is 4.91. The van der Waals surface area contributed by atoms with Gasteiger partial charge in [0.25, 0.3) is 0 Å². The number of nitro groups is 1. The molecule has 2 aromatic carbocycles. The molecule has 0 aliphatic heterocycles. The van der Waals surface area contributed by atoms with Gasteiger partial charge in [-0.15, -0.1) is 0 Å². The van der Waals surface area contributed by atoms with Crippen LogP contribution in [0.5, 0.6) is 0 Å². The van der Waals surface area contributed by atoms with Crippen LogP contribution in [0.15, 0.2) is 53.3 Å². The van der Waals surface area contributed by atoms with Crippen LogP contribution in [0, 0.1) is 21.7 Å². The molecule has 0 saturated carbocycles. The molecule has 0 radical (unpaired) electrons. The number of aromatic nitrogens is 2. The Hall–Kier alpha value is -3.14. The van der Waals surface area contributed by atoms with Gasteiger partial charge in [-0.2, -0.15) is 0 Å². The molecule has 0 bridgehead atoms. The molecule has 0 saturated heterocycles. The van der Waals surface area contributed by atoms with Crippen LogP contribution in [0.25, 0.3) is 0 Å². The van der Waals surface area contributed by atoms with E-state index in [1.54, 1.807) is 6.07 Å². The van der Waals surface area contributed by atoms with Crippen molar-refractivity contribution < 1.29 is 13.7 Å². The Balaban J connectivity index is 1.98. The van der Waals surface area contributed by atoms with E-state index in [0.29, 0.717) is 10.2 Å². The predicted molar refractivity (Wildman–Crippen MR) is 95.8 cm³/mol. The van der Waals surface area contributed by atoms with Gasteiger partial charge in [-0.25, -0.2) is 18.7 Å². The monoisotopic (exact) mass is 421 g/mol. The fraction of sp³-hybridized carbons (Fsp3) is 0. The number of rotatable bonds is 5. The zero-order valence-corrected chi connectivity index (χ0v) is 14.5. The molecule has 1 heterocycles. The number of anilines is 4. The van der Waals surface area contributed by atoms with Gasteiger partial charge >= 0.3 is 5.69 Å². The van der Waals surface area contributed by atoms with Gasteiger partial charge in [-0.3, -0.25) is 10.1 Å². The molecule has 3 aromatic rings. The second kappa shape index (κ2) is 7.40. The van der Waals surface area contributed by atoms with Gasteiger partial charge in [-0.1, -0.05) is 15.9 Å². The number of hydrogen-bond acceptors (Lipinski definition) is 6. The highest BCUT2D eigenvalue weighted by atomic mass is 79.9. The lowest BCUT2D eigenvalue weighted by Gasteiger charge is -2.10. The molecule has 0 unspecified atom stereocenters. The summed E-state index contributed by atoms with van der Waals surface area (Å²) in [4.78, 5) is 18.5. The van der Waals surface area contributed by atoms with Gasteiger partial charge < -0.3 is 10.6 Å². The van der Waals surface area contributed by atoms with Gasteiger partial charge in [0.15, 0.2) is 0 Å². The van der Waals surface area contributed by atoms with Gasteiger partial charge in [0.05, 0.1) is 10.6 Å². The van der Waals surface area contributed by atoms with Crippen LogP contribution in [-0.2, 0) is 0 Å². The number of hydrogen-bond donors (Lipinski definition) is 2. The summed E-state index contributed by atoms with van der Waals surface area (Å²) in [6, 6.07) is 9.42. The normalized spacial score (nSPS) is 10.4. The Morgan fingerprint density at radius 2 is 1.65 bits per heavy atom. The van der Waals surface area contributed by atoms with Crippen molar-refractivity contribution in [3.05, 3.63) is 75.0 Å². The summed E-state index contributed by atoms with van der Waals surface area (Å²) in [5.74, 6) is -1.35. The first kappa shape index (κ1) is 17.7. The molecule has 26 heavy (non-hydrogen) atoms. The van der Waals surface area contributed by atoms with Gasteiger partial charge in [0.1, 0.15) is 18.0 Å². The fourth-order valence-electron chi connectivity index (χ4n) is 2.12. The summed E-state index contributed by atoms with van der Waals surface area (Å²) in [5, 5.41) is 16.8. The Labute approximate surface area is 154 Å². The molecule has 1 aromatic heterocycles. The third-order valence-electron chi connectivity index (χ3n) is 3.30. The lowest BCUT2D eigenvalue weighted by atomic mass is 10.3. The fourth-order valence-corrected chi connectivity index (χ4v) is 2.46. The Kier molecular flexibility index (Phi) is 5.03. The SMILES string of the molecule is O=[N+]([O-])c1c(Nc2ccc(F)cc2)ncnc1Nc1ccc(Br)cc1F. The average molecular weight is 422 g/mol. The van der Waals surface area contributed by atoms with Gasteiger partial charge in [0.2, 0.25) is 11.6 Å². The van der Waals surface area contributed by atoms with Crippen LogP contribution in [0.2, 0.25) is 0 Å². The van der Waals surface area contributed by atoms with E-state index >= 15 is 0 Å². The number of nitrogens with one attached hydrogen (secondary N) is 2. The van der Waals surface area contributed by atoms with Crippen molar-refractivity contribution in [3.63, 3.8) is 0 Å². The minimum absolute atomic E-state index is 0.0164. The molecule has 10 heteroatoms. The smallest absolute Gasteiger partial charge is 0.334 e. The van der Waals surface area contributed by atoms with E-state index in [9.17, 15) is 18.9 Å². The second-order valence-electron chi connectivity index (χ2n) is 5.06. The van der Waals surface area contributed by atoms with Crippen molar-refractivity contribution in [1.29, 1.82) is 0 Å². The topological polar surface area (TPSA) is 93.0 Å². The summed E-state index contributed by atoms with van der Waals surface area (Å²) in [7, 11) is 0. The van der Waals surface area contributed by atoms with E-state index in [1.807, 2.05) is 0 Å². The van der Waals surface area contributed by atoms with E-state index in [0.717, 1.165) is 6.33 Å². The van der Waals surface area contributed by atoms with Crippen LogP contribution in [0.4, 0.5) is 37.5 Å². The molecule has 0 aliphatic rings. The van der Waals surface area contributed by atoms with Gasteiger partial charge in [0, 0.05) is 10.2 Å². The van der Waals surface area contributed by atoms with E-state index in [-0.39, 0.29) is 17.3 Å². The summed E-state index contributed by atoms with van der Waals surface area (Å²) in [6.07, 6.45) is 1.10. The highest BCUT2D eigenvalue weighted by molar-refractivity contribution is 9.10. The van der Waals surface area contributed by atoms with E-state index in [4.69, 9.17) is 0 Å². The molecule has 0 spiro atoms. The van der Waals surface area contributed by atoms with Crippen molar-refractivity contribution in [3.8, 4) is 0 Å². The maximum atomic E-state index is 14.0. The quantitative estimate of drug-likeness (QED) is 0.448. The second-order valence-corrected chi connectivity index (χ2v) is 5.97. The van der Waals surface area contributed by atoms with Crippen molar-refractivity contribution in [2.45, 2.75) is 0 Å². The minimum Gasteiger partial charge on any atom is -0.334 e. The third-order valence-corrected chi connectivity index (χ3v) is 3.79. The lowest BCUT2D eigenvalue weighted by molar-refractivity contribution is -0.383. The van der Waals surface area contributed by atoms with Gasteiger partial charge in [-0.05, 0) is 42.5 Å². The highest BCUT2D eigenvalue weighted by Gasteiger charge is 2.24. The summed E-state index contributed by atoms with van der Waals surface area (Å²) >= 11 is 3.13. The molecule has 132 valence electrons. The standard InChI is InChI=1S/C16H10BrF2N5O2/c17-9-1-6-13(12(19)7-9)23-16-14(24(25)26)15(20-8-21-16)22-11-4-2-10(18)3-5-11/h1-8H,(H2,20,21,22,23). The Morgan fingerprint density at radius 1 is 1.00 bits per heavy atom. The minimum atomic E-state index is -0.690. The summed E-state index contributed by atoms with van der Waals surface area (Å²) < 4.78 is 27.5. The van der Waals surface area contributed by atoms with Crippen molar-refractivity contribution in [2.75, 3.05) is 10.6 Å². The Morgan fingerprint density at radius 3 is 2.27 bits per heavy atom. The van der Waals surface area contributed by atoms with Crippen LogP contribution >= 0.6 is 15.9 Å². The first-order chi connectivity index (χ1) is 12.4. The molecule has 0 fully saturated rings. The van der Waals surface area contributed by atoms with Crippen LogP contribution in [0.1, 0.15) is 0 Å². The maximum absolute atomic E-state index is 14.0. The molecule has 7 nitrogen and oxygen atoms in total. The van der Waals surface area contributed by atoms with E-state index in [2.05, 4.69) is 36.5 Å². The zero-order valence-electron chi connectivity index (χ0n) is 12.9. The van der Waals surface area contributed by atoms with E-state index < -0.39 is 22.2 Å². The summed E-state index contributed by atoms with van der Waals surface area (Å²) in [5.41, 5.74) is -0.0594. The van der Waals surface area contributed by atoms with E-state index in [1.165, 1.54) is 36.4 Å². The maximum Gasteiger partial charge on any atom is 0.353 e. The molecule has 0 amide bonds. The average Bonchev–Trinajstić information content (AvgIpc) is 2.59. The van der Waals surface area contributed by atoms with Crippen LogP contribution in [0.3, 0.4) is 0 Å². The number of benzene rings is 2. The van der Waals surface area contributed by atoms with Crippen molar-refractivity contribution >= 4 is 44.6 Å². The number of nitrogens with zero attached hydrogens (tertiary/aromatic N) is 3. The molecular formula is C16H10BrF2N5O2. The van der Waals surface area contributed by atoms with Crippen molar-refractivity contribution in [1.82, 2.24) is 9.97 Å². The molecule has 0 atom stereocenters. The largest absolute Gasteiger partial charge is 0.353 e. The molecule has 0 aliphatic carbocycles. The first-order valence-electron chi connectivity index (χ1n) is 7.18. The molecular weight excluding hydrogens is 412 g/mol. The molecule has 2 N–H and O–H groups in total. The zero-order chi connectivity index (χ0) is 18.7. The van der Waals surface area contributed by atoms with Crippen LogP contribution < -0.4 is 10.6 Å². The Bertz CT molecular complexity index is 969. The summed E-state index contributed by atoms with van der Waals surface area (Å²) in [6.45, 7) is 0. The number of halogens is 3. The van der Waals surface area contributed by atoms with Crippen molar-refractivity contribution in [2.24, 2.45) is 0 Å². The highest BCUT2D eigenvalue weighted by Crippen LogP contribution is 2.33. The third kappa shape index (κ3) is 3.91. The first-order valence-corrected chi connectivity index (χ1v) is 7.97. The lowest BCUT2D eigenvalue weighted by Crippen LogP contribution is -2.06.